The molecule has 75 heavy (non-hydrogen) atoms. The first-order chi connectivity index (χ1) is 37.3. The molecule has 0 saturated carbocycles. The van der Waals surface area contributed by atoms with E-state index in [0.717, 1.165) is 0 Å². The second-order valence-corrected chi connectivity index (χ2v) is 25.5. The van der Waals surface area contributed by atoms with Crippen LogP contribution in [0.25, 0.3) is 0 Å². The second kappa shape index (κ2) is 64.0. The van der Waals surface area contributed by atoms with Gasteiger partial charge in [0.05, 0.1) is 0 Å². The maximum Gasteiger partial charge on any atom is -0.0273 e. The third-order valence-electron chi connectivity index (χ3n) is 18.0. The van der Waals surface area contributed by atoms with E-state index in [1.54, 1.807) is 16.7 Å². The van der Waals surface area contributed by atoms with Crippen LogP contribution < -0.4 is 0 Å². The lowest BCUT2D eigenvalue weighted by molar-refractivity contribution is 0.519. The van der Waals surface area contributed by atoms with Crippen LogP contribution in [0.15, 0.2) is 18.2 Å². The van der Waals surface area contributed by atoms with E-state index in [4.69, 9.17) is 0 Å². The Labute approximate surface area is 477 Å². The average Bonchev–Trinajstić information content (AvgIpc) is 3.42. The molecule has 0 spiro atoms. The molecule has 0 nitrogen and oxygen atoms in total. The number of hydrogen-bond acceptors (Lipinski definition) is 0. The van der Waals surface area contributed by atoms with Crippen molar-refractivity contribution in [1.29, 1.82) is 0 Å². The Hall–Kier alpha value is -0.780. The molecule has 0 saturated heterocycles. The van der Waals surface area contributed by atoms with Gasteiger partial charge in [0.2, 0.25) is 0 Å². The topological polar surface area (TPSA) is 0 Å². The summed E-state index contributed by atoms with van der Waals surface area (Å²) in [4.78, 5) is 0. The van der Waals surface area contributed by atoms with Crippen LogP contribution >= 0.6 is 0 Å². The zero-order valence-electron chi connectivity index (χ0n) is 52.9. The van der Waals surface area contributed by atoms with Gasteiger partial charge < -0.3 is 0 Å². The molecule has 444 valence electrons. The zero-order valence-corrected chi connectivity index (χ0v) is 52.9. The van der Waals surface area contributed by atoms with Gasteiger partial charge in [-0.15, -0.1) is 0 Å². The van der Waals surface area contributed by atoms with Gasteiger partial charge in [-0.05, 0) is 55.2 Å². The van der Waals surface area contributed by atoms with E-state index in [0.29, 0.717) is 0 Å². The SMILES string of the molecule is CCCCCCCCCCCCCCCCCCCCCCCc1cccc(CCCCCCCCCCCCCCCCCCCCCCC)c1CCCCCCCCCCCCCCCCCCCCCCC. The summed E-state index contributed by atoms with van der Waals surface area (Å²) in [6, 6.07) is 7.50. The summed E-state index contributed by atoms with van der Waals surface area (Å²) in [5, 5.41) is 0. The number of hydrogen-bond donors (Lipinski definition) is 0. The lowest BCUT2D eigenvalue weighted by atomic mass is 9.90. The molecule has 1 aromatic carbocycles. The van der Waals surface area contributed by atoms with Crippen molar-refractivity contribution in [2.24, 2.45) is 0 Å². The first kappa shape index (κ1) is 72.2. The highest BCUT2D eigenvalue weighted by Crippen LogP contribution is 2.25. The highest BCUT2D eigenvalue weighted by molar-refractivity contribution is 5.36. The largest absolute Gasteiger partial charge is 0.0654 e. The number of benzene rings is 1. The molecule has 1 rings (SSSR count). The number of rotatable bonds is 66. The Morgan fingerprint density at radius 1 is 0.160 bits per heavy atom. The molecule has 0 N–H and O–H groups in total. The predicted octanol–water partition coefficient (Wildman–Crippen LogP) is 28.0. The van der Waals surface area contributed by atoms with Crippen LogP contribution in [0.5, 0.6) is 0 Å². The highest BCUT2D eigenvalue weighted by atomic mass is 14.2. The maximum absolute atomic E-state index is 2.53. The van der Waals surface area contributed by atoms with Crippen molar-refractivity contribution in [3.05, 3.63) is 34.9 Å². The van der Waals surface area contributed by atoms with Gasteiger partial charge in [-0.2, -0.15) is 0 Å². The Bertz CT molecular complexity index is 1100. The van der Waals surface area contributed by atoms with E-state index in [9.17, 15) is 0 Å². The van der Waals surface area contributed by atoms with Crippen LogP contribution in [0.1, 0.15) is 442 Å². The summed E-state index contributed by atoms with van der Waals surface area (Å²) in [7, 11) is 0. The lowest BCUT2D eigenvalue weighted by Gasteiger charge is -2.16. The molecule has 1 aromatic rings. The fourth-order valence-corrected chi connectivity index (χ4v) is 12.7. The van der Waals surface area contributed by atoms with Crippen molar-refractivity contribution in [1.82, 2.24) is 0 Å². The molecule has 0 aliphatic carbocycles. The summed E-state index contributed by atoms with van der Waals surface area (Å²) < 4.78 is 0. The smallest absolute Gasteiger partial charge is 0.0273 e. The molecule has 0 aromatic heterocycles. The van der Waals surface area contributed by atoms with Gasteiger partial charge in [0, 0.05) is 0 Å². The predicted molar refractivity (Wildman–Crippen MR) is 345 cm³/mol. The fraction of sp³-hybridized carbons (Fsp3) is 0.920. The quantitative estimate of drug-likeness (QED) is 0.0571. The van der Waals surface area contributed by atoms with Crippen molar-refractivity contribution < 1.29 is 0 Å². The molecular weight excluding hydrogens is 901 g/mol. The minimum absolute atomic E-state index is 1.32. The van der Waals surface area contributed by atoms with Crippen molar-refractivity contribution in [3.63, 3.8) is 0 Å². The van der Waals surface area contributed by atoms with Crippen molar-refractivity contribution in [2.45, 2.75) is 445 Å². The minimum atomic E-state index is 1.32. The summed E-state index contributed by atoms with van der Waals surface area (Å²) in [6.07, 6.45) is 96.3. The third-order valence-corrected chi connectivity index (χ3v) is 18.0. The van der Waals surface area contributed by atoms with Gasteiger partial charge in [0.1, 0.15) is 0 Å². The van der Waals surface area contributed by atoms with Crippen molar-refractivity contribution >= 4 is 0 Å². The van der Waals surface area contributed by atoms with Crippen LogP contribution in [0.4, 0.5) is 0 Å². The Kier molecular flexibility index (Phi) is 61.7. The summed E-state index contributed by atoms with van der Waals surface area (Å²) in [5.74, 6) is 0. The van der Waals surface area contributed by atoms with E-state index in [1.807, 2.05) is 0 Å². The summed E-state index contributed by atoms with van der Waals surface area (Å²) >= 11 is 0. The highest BCUT2D eigenvalue weighted by Gasteiger charge is 2.10. The van der Waals surface area contributed by atoms with Crippen LogP contribution in [0.3, 0.4) is 0 Å². The summed E-state index contributed by atoms with van der Waals surface area (Å²) in [5.41, 5.74) is 5.24. The van der Waals surface area contributed by atoms with Crippen LogP contribution in [0, 0.1) is 0 Å². The molecule has 0 fully saturated rings. The van der Waals surface area contributed by atoms with E-state index in [1.165, 1.54) is 424 Å². The molecule has 0 aliphatic rings. The fourth-order valence-electron chi connectivity index (χ4n) is 12.7. The van der Waals surface area contributed by atoms with Gasteiger partial charge in [0.15, 0.2) is 0 Å². The van der Waals surface area contributed by atoms with Crippen LogP contribution in [-0.4, -0.2) is 0 Å². The Morgan fingerprint density at radius 2 is 0.293 bits per heavy atom. The molecule has 0 heteroatoms. The second-order valence-electron chi connectivity index (χ2n) is 25.5. The van der Waals surface area contributed by atoms with Gasteiger partial charge in [-0.3, -0.25) is 0 Å². The molecular formula is C75H144. The van der Waals surface area contributed by atoms with E-state index in [-0.39, 0.29) is 0 Å². The third kappa shape index (κ3) is 54.9. The molecule has 0 bridgehead atoms. The Morgan fingerprint density at radius 3 is 0.453 bits per heavy atom. The van der Waals surface area contributed by atoms with Gasteiger partial charge in [-0.1, -0.05) is 424 Å². The Balaban J connectivity index is 2.25. The molecule has 0 aliphatic heterocycles. The molecule has 0 atom stereocenters. The monoisotopic (exact) mass is 1050 g/mol. The van der Waals surface area contributed by atoms with Gasteiger partial charge in [0.25, 0.3) is 0 Å². The molecule has 0 radical (unpaired) electrons. The first-order valence-electron chi connectivity index (χ1n) is 36.4. The number of unbranched alkanes of at least 4 members (excludes halogenated alkanes) is 60. The van der Waals surface area contributed by atoms with Crippen LogP contribution in [0.2, 0.25) is 0 Å². The first-order valence-corrected chi connectivity index (χ1v) is 36.4. The standard InChI is InChI=1S/C75H144/c1-4-7-10-13-16-19-22-25-28-31-34-37-40-43-46-49-52-55-58-61-64-68-73-70-67-71-74(69-65-62-59-56-53-50-47-44-41-38-35-32-29-26-23-20-17-14-11-8-5-2)75(73)72-66-63-60-57-54-51-48-45-42-39-36-33-30-27-24-21-18-15-12-9-6-3/h67,70-71H,4-66,68-69,72H2,1-3H3. The van der Waals surface area contributed by atoms with E-state index < -0.39 is 0 Å². The minimum Gasteiger partial charge on any atom is -0.0654 e. The van der Waals surface area contributed by atoms with Crippen molar-refractivity contribution in [2.75, 3.05) is 0 Å². The van der Waals surface area contributed by atoms with E-state index >= 15 is 0 Å². The van der Waals surface area contributed by atoms with E-state index in [2.05, 4.69) is 39.0 Å². The molecule has 0 unspecified atom stereocenters. The zero-order chi connectivity index (χ0) is 53.5. The average molecular weight is 1050 g/mol. The normalized spacial score (nSPS) is 11.7. The lowest BCUT2D eigenvalue weighted by Crippen LogP contribution is -2.02. The molecule has 0 amide bonds. The van der Waals surface area contributed by atoms with Crippen LogP contribution in [-0.2, 0) is 19.3 Å². The van der Waals surface area contributed by atoms with Gasteiger partial charge in [-0.25, -0.2) is 0 Å². The van der Waals surface area contributed by atoms with Gasteiger partial charge >= 0.3 is 0 Å². The number of aryl methyl sites for hydroxylation is 2. The summed E-state index contributed by atoms with van der Waals surface area (Å²) in [6.45, 7) is 6.96. The molecule has 0 heterocycles. The maximum atomic E-state index is 2.53. The van der Waals surface area contributed by atoms with Crippen molar-refractivity contribution in [3.8, 4) is 0 Å².